The molecule has 0 saturated carbocycles. The van der Waals surface area contributed by atoms with Crippen molar-refractivity contribution in [2.45, 2.75) is 19.2 Å². The minimum Gasteiger partial charge on any atom is -0.296 e. The summed E-state index contributed by atoms with van der Waals surface area (Å²) < 4.78 is 28.1. The van der Waals surface area contributed by atoms with Crippen LogP contribution >= 0.6 is 15.9 Å². The summed E-state index contributed by atoms with van der Waals surface area (Å²) in [7, 11) is -3.26. The summed E-state index contributed by atoms with van der Waals surface area (Å²) in [5.74, 6) is 0.0897. The monoisotopic (exact) mass is 422 g/mol. The molecular formula is C19H23BrN2O2S. The Morgan fingerprint density at radius 3 is 2.24 bits per heavy atom. The van der Waals surface area contributed by atoms with Crippen LogP contribution in [-0.4, -0.2) is 43.8 Å². The lowest BCUT2D eigenvalue weighted by molar-refractivity contribution is 0.181. The van der Waals surface area contributed by atoms with Gasteiger partial charge in [0.15, 0.2) is 0 Å². The normalized spacial score (nSPS) is 16.9. The Morgan fingerprint density at radius 2 is 1.60 bits per heavy atom. The lowest BCUT2D eigenvalue weighted by Crippen LogP contribution is -2.48. The highest BCUT2D eigenvalue weighted by Gasteiger charge is 2.27. The maximum absolute atomic E-state index is 12.7. The number of halogens is 1. The topological polar surface area (TPSA) is 40.6 Å². The molecule has 0 spiro atoms. The first-order chi connectivity index (χ1) is 11.9. The van der Waals surface area contributed by atoms with Gasteiger partial charge in [-0.1, -0.05) is 52.3 Å². The molecule has 2 aromatic rings. The largest absolute Gasteiger partial charge is 0.296 e. The Morgan fingerprint density at radius 1 is 0.960 bits per heavy atom. The third kappa shape index (κ3) is 4.91. The molecule has 6 heteroatoms. The molecule has 1 fully saturated rings. The van der Waals surface area contributed by atoms with Gasteiger partial charge in [-0.2, -0.15) is 4.31 Å². The molecule has 3 rings (SSSR count). The van der Waals surface area contributed by atoms with E-state index in [4.69, 9.17) is 0 Å². The SMILES string of the molecule is Cc1ccccc1CS(=O)(=O)N1CCN(Cc2ccc(Br)cc2)CC1. The first-order valence-corrected chi connectivity index (χ1v) is 10.8. The smallest absolute Gasteiger partial charge is 0.218 e. The number of hydrogen-bond acceptors (Lipinski definition) is 3. The Bertz CT molecular complexity index is 814. The van der Waals surface area contributed by atoms with E-state index in [9.17, 15) is 8.42 Å². The first-order valence-electron chi connectivity index (χ1n) is 8.43. The number of nitrogens with zero attached hydrogens (tertiary/aromatic N) is 2. The zero-order valence-corrected chi connectivity index (χ0v) is 16.8. The minimum atomic E-state index is -3.26. The predicted molar refractivity (Wildman–Crippen MR) is 105 cm³/mol. The fourth-order valence-corrected chi connectivity index (χ4v) is 4.96. The number of piperazine rings is 1. The summed E-state index contributed by atoms with van der Waals surface area (Å²) in [6.07, 6.45) is 0. The minimum absolute atomic E-state index is 0.0897. The van der Waals surface area contributed by atoms with Crippen LogP contribution in [0.15, 0.2) is 53.0 Å². The van der Waals surface area contributed by atoms with E-state index in [0.29, 0.717) is 13.1 Å². The van der Waals surface area contributed by atoms with Crippen molar-refractivity contribution in [1.82, 2.24) is 9.21 Å². The van der Waals surface area contributed by atoms with E-state index in [1.165, 1.54) is 5.56 Å². The average Bonchev–Trinajstić information content (AvgIpc) is 2.59. The molecule has 0 amide bonds. The molecule has 1 aliphatic heterocycles. The van der Waals surface area contributed by atoms with E-state index in [-0.39, 0.29) is 5.75 Å². The quantitative estimate of drug-likeness (QED) is 0.740. The van der Waals surface area contributed by atoms with Gasteiger partial charge in [-0.25, -0.2) is 8.42 Å². The van der Waals surface area contributed by atoms with Crippen molar-refractivity contribution in [2.75, 3.05) is 26.2 Å². The summed E-state index contributed by atoms with van der Waals surface area (Å²) in [6, 6.07) is 16.0. The van der Waals surface area contributed by atoms with E-state index in [1.54, 1.807) is 4.31 Å². The van der Waals surface area contributed by atoms with E-state index >= 15 is 0 Å². The molecule has 25 heavy (non-hydrogen) atoms. The van der Waals surface area contributed by atoms with Crippen molar-refractivity contribution in [3.05, 3.63) is 69.7 Å². The summed E-state index contributed by atoms with van der Waals surface area (Å²) in [4.78, 5) is 2.31. The van der Waals surface area contributed by atoms with E-state index in [0.717, 1.165) is 35.2 Å². The van der Waals surface area contributed by atoms with Crippen molar-refractivity contribution in [1.29, 1.82) is 0 Å². The number of aryl methyl sites for hydroxylation is 1. The van der Waals surface area contributed by atoms with Gasteiger partial charge in [0.05, 0.1) is 5.75 Å². The van der Waals surface area contributed by atoms with Crippen molar-refractivity contribution in [3.63, 3.8) is 0 Å². The molecule has 1 saturated heterocycles. The number of benzene rings is 2. The van der Waals surface area contributed by atoms with Crippen LogP contribution in [0, 0.1) is 6.92 Å². The van der Waals surface area contributed by atoms with Gasteiger partial charge in [0, 0.05) is 37.2 Å². The van der Waals surface area contributed by atoms with Crippen LogP contribution in [0.2, 0.25) is 0 Å². The van der Waals surface area contributed by atoms with Gasteiger partial charge in [0.2, 0.25) is 10.0 Å². The van der Waals surface area contributed by atoms with Crippen LogP contribution in [0.4, 0.5) is 0 Å². The lowest BCUT2D eigenvalue weighted by atomic mass is 10.1. The lowest BCUT2D eigenvalue weighted by Gasteiger charge is -2.34. The molecule has 0 aliphatic carbocycles. The zero-order chi connectivity index (χ0) is 17.9. The predicted octanol–water partition coefficient (Wildman–Crippen LogP) is 3.41. The van der Waals surface area contributed by atoms with Crippen molar-refractivity contribution in [3.8, 4) is 0 Å². The third-order valence-electron chi connectivity index (χ3n) is 4.64. The highest BCUT2D eigenvalue weighted by Crippen LogP contribution is 2.18. The summed E-state index contributed by atoms with van der Waals surface area (Å²) >= 11 is 3.45. The standard InChI is InChI=1S/C19H23BrN2O2S/c1-16-4-2-3-5-18(16)15-25(23,24)22-12-10-21(11-13-22)14-17-6-8-19(20)9-7-17/h2-9H,10-15H2,1H3. The molecule has 0 radical (unpaired) electrons. The van der Waals surface area contributed by atoms with E-state index in [2.05, 4.69) is 33.0 Å². The number of hydrogen-bond donors (Lipinski definition) is 0. The maximum Gasteiger partial charge on any atom is 0.218 e. The van der Waals surface area contributed by atoms with E-state index < -0.39 is 10.0 Å². The van der Waals surface area contributed by atoms with Crippen molar-refractivity contribution in [2.24, 2.45) is 0 Å². The van der Waals surface area contributed by atoms with Crippen LogP contribution in [0.25, 0.3) is 0 Å². The Kier molecular flexibility index (Phi) is 5.94. The Balaban J connectivity index is 1.57. The molecule has 0 atom stereocenters. The molecule has 1 aliphatic rings. The van der Waals surface area contributed by atoms with Gasteiger partial charge in [-0.3, -0.25) is 4.90 Å². The summed E-state index contributed by atoms with van der Waals surface area (Å²) in [5, 5.41) is 0. The summed E-state index contributed by atoms with van der Waals surface area (Å²) in [5.41, 5.74) is 3.17. The summed E-state index contributed by atoms with van der Waals surface area (Å²) in [6.45, 7) is 5.47. The Labute approximate surface area is 158 Å². The molecule has 0 unspecified atom stereocenters. The van der Waals surface area contributed by atoms with Gasteiger partial charge in [0.1, 0.15) is 0 Å². The maximum atomic E-state index is 12.7. The van der Waals surface area contributed by atoms with Crippen LogP contribution < -0.4 is 0 Å². The molecule has 0 aromatic heterocycles. The van der Waals surface area contributed by atoms with Gasteiger partial charge in [0.25, 0.3) is 0 Å². The van der Waals surface area contributed by atoms with Gasteiger partial charge in [-0.15, -0.1) is 0 Å². The first kappa shape index (κ1) is 18.6. The number of rotatable bonds is 5. The second-order valence-electron chi connectivity index (χ2n) is 6.48. The Hall–Kier alpha value is -1.21. The fourth-order valence-electron chi connectivity index (χ4n) is 3.07. The molecule has 0 N–H and O–H groups in total. The van der Waals surface area contributed by atoms with Crippen LogP contribution in [0.3, 0.4) is 0 Å². The molecule has 0 bridgehead atoms. The fraction of sp³-hybridized carbons (Fsp3) is 0.368. The molecule has 4 nitrogen and oxygen atoms in total. The van der Waals surface area contributed by atoms with Gasteiger partial charge >= 0.3 is 0 Å². The molecular weight excluding hydrogens is 400 g/mol. The molecule has 1 heterocycles. The second-order valence-corrected chi connectivity index (χ2v) is 9.37. The second kappa shape index (κ2) is 7.99. The molecule has 134 valence electrons. The van der Waals surface area contributed by atoms with Crippen LogP contribution in [0.1, 0.15) is 16.7 Å². The molecule has 2 aromatic carbocycles. The number of sulfonamides is 1. The zero-order valence-electron chi connectivity index (χ0n) is 14.4. The van der Waals surface area contributed by atoms with Crippen LogP contribution in [0.5, 0.6) is 0 Å². The highest BCUT2D eigenvalue weighted by atomic mass is 79.9. The van der Waals surface area contributed by atoms with Crippen molar-refractivity contribution >= 4 is 26.0 Å². The van der Waals surface area contributed by atoms with Gasteiger partial charge < -0.3 is 0 Å². The van der Waals surface area contributed by atoms with Crippen molar-refractivity contribution < 1.29 is 8.42 Å². The van der Waals surface area contributed by atoms with Gasteiger partial charge in [-0.05, 0) is 35.7 Å². The average molecular weight is 423 g/mol. The van der Waals surface area contributed by atoms with E-state index in [1.807, 2.05) is 43.3 Å². The third-order valence-corrected chi connectivity index (χ3v) is 7.00. The highest BCUT2D eigenvalue weighted by molar-refractivity contribution is 9.10. The van der Waals surface area contributed by atoms with Crippen LogP contribution in [-0.2, 0) is 22.3 Å².